The highest BCUT2D eigenvalue weighted by Crippen LogP contribution is 2.32. The van der Waals surface area contributed by atoms with Crippen molar-refractivity contribution in [2.75, 3.05) is 0 Å². The Labute approximate surface area is 159 Å². The van der Waals surface area contributed by atoms with Crippen molar-refractivity contribution in [3.63, 3.8) is 0 Å². The molecule has 0 radical (unpaired) electrons. The van der Waals surface area contributed by atoms with E-state index in [1.54, 1.807) is 0 Å². The van der Waals surface area contributed by atoms with Gasteiger partial charge in [-0.1, -0.05) is 12.1 Å². The summed E-state index contributed by atoms with van der Waals surface area (Å²) in [6, 6.07) is 7.74. The van der Waals surface area contributed by atoms with Crippen LogP contribution >= 0.6 is 0 Å². The van der Waals surface area contributed by atoms with Gasteiger partial charge in [0.2, 0.25) is 0 Å². The van der Waals surface area contributed by atoms with Gasteiger partial charge in [0, 0.05) is 12.1 Å². The molecule has 0 heterocycles. The molecule has 0 aliphatic carbocycles. The summed E-state index contributed by atoms with van der Waals surface area (Å²) < 4.78 is 131. The Balaban J connectivity index is 2.22. The van der Waals surface area contributed by atoms with Gasteiger partial charge in [0.1, 0.15) is 23.0 Å². The van der Waals surface area contributed by atoms with Crippen molar-refractivity contribution in [3.8, 4) is 23.0 Å². The lowest BCUT2D eigenvalue weighted by molar-refractivity contribution is -0.0504. The highest BCUT2D eigenvalue weighted by atomic mass is 32.2. The molecule has 0 atom stereocenters. The average Bonchev–Trinajstić information content (AvgIpc) is 2.52. The minimum Gasteiger partial charge on any atom is -0.457 e. The van der Waals surface area contributed by atoms with Crippen molar-refractivity contribution in [3.05, 3.63) is 48.5 Å². The standard InChI is InChI=1S/C14H8F6O7S2/c15-13(16,17)28(21,22)26-11-5-1-3-9(7-11)25-10-4-2-6-12(8-10)27-29(23,24)14(18,19)20/h1-8H. The van der Waals surface area contributed by atoms with Gasteiger partial charge in [-0.05, 0) is 24.3 Å². The first-order valence-corrected chi connectivity index (χ1v) is 9.82. The largest absolute Gasteiger partial charge is 0.534 e. The topological polar surface area (TPSA) is 96.0 Å². The van der Waals surface area contributed by atoms with Crippen LogP contribution in [0, 0.1) is 0 Å². The van der Waals surface area contributed by atoms with Crippen LogP contribution in [0.2, 0.25) is 0 Å². The SMILES string of the molecule is O=S(=O)(Oc1cccc(Oc2cccc(OS(=O)(=O)C(F)(F)F)c2)c1)C(F)(F)F. The number of alkyl halides is 6. The lowest BCUT2D eigenvalue weighted by Gasteiger charge is -2.12. The molecule has 0 aliphatic rings. The minimum absolute atomic E-state index is 0.268. The third-order valence-corrected chi connectivity index (χ3v) is 4.78. The van der Waals surface area contributed by atoms with E-state index in [4.69, 9.17) is 4.74 Å². The Morgan fingerprint density at radius 3 is 1.21 bits per heavy atom. The maximum atomic E-state index is 12.3. The van der Waals surface area contributed by atoms with Crippen LogP contribution in [0.5, 0.6) is 23.0 Å². The molecule has 2 rings (SSSR count). The predicted octanol–water partition coefficient (Wildman–Crippen LogP) is 3.94. The third kappa shape index (κ3) is 5.66. The second kappa shape index (κ2) is 7.62. The van der Waals surface area contributed by atoms with E-state index in [0.29, 0.717) is 0 Å². The maximum Gasteiger partial charge on any atom is 0.534 e. The third-order valence-electron chi connectivity index (χ3n) is 2.83. The van der Waals surface area contributed by atoms with E-state index < -0.39 is 42.8 Å². The van der Waals surface area contributed by atoms with Crippen molar-refractivity contribution in [2.45, 2.75) is 11.0 Å². The van der Waals surface area contributed by atoms with Crippen molar-refractivity contribution in [1.82, 2.24) is 0 Å². The highest BCUT2D eigenvalue weighted by Gasteiger charge is 2.49. The Morgan fingerprint density at radius 2 is 0.897 bits per heavy atom. The van der Waals surface area contributed by atoms with Gasteiger partial charge < -0.3 is 13.1 Å². The summed E-state index contributed by atoms with van der Waals surface area (Å²) in [6.07, 6.45) is 0. The van der Waals surface area contributed by atoms with Crippen LogP contribution in [0.4, 0.5) is 26.3 Å². The zero-order valence-corrected chi connectivity index (χ0v) is 15.2. The Hall–Kier alpha value is -2.68. The number of rotatable bonds is 6. The molecule has 0 fully saturated rings. The molecule has 2 aromatic carbocycles. The summed E-state index contributed by atoms with van der Waals surface area (Å²) in [5.74, 6) is -2.05. The van der Waals surface area contributed by atoms with Crippen LogP contribution in [0.15, 0.2) is 48.5 Å². The molecule has 2 aromatic rings. The monoisotopic (exact) mass is 466 g/mol. The smallest absolute Gasteiger partial charge is 0.457 e. The van der Waals surface area contributed by atoms with E-state index in [-0.39, 0.29) is 11.5 Å². The molecule has 0 saturated carbocycles. The summed E-state index contributed by atoms with van der Waals surface area (Å²) >= 11 is 0. The number of benzene rings is 2. The normalized spacial score (nSPS) is 13.0. The summed E-state index contributed by atoms with van der Waals surface area (Å²) in [7, 11) is -11.9. The molecular weight excluding hydrogens is 458 g/mol. The molecule has 160 valence electrons. The first-order chi connectivity index (χ1) is 13.1. The van der Waals surface area contributed by atoms with E-state index >= 15 is 0 Å². The molecule has 0 N–H and O–H groups in total. The number of hydrogen-bond donors (Lipinski definition) is 0. The quantitative estimate of drug-likeness (QED) is 0.362. The van der Waals surface area contributed by atoms with E-state index in [2.05, 4.69) is 8.37 Å². The van der Waals surface area contributed by atoms with Gasteiger partial charge >= 0.3 is 31.3 Å². The first-order valence-electron chi connectivity index (χ1n) is 7.00. The van der Waals surface area contributed by atoms with Gasteiger partial charge in [-0.2, -0.15) is 43.2 Å². The number of hydrogen-bond acceptors (Lipinski definition) is 7. The van der Waals surface area contributed by atoms with Crippen LogP contribution in [0.1, 0.15) is 0 Å². The minimum atomic E-state index is -5.93. The van der Waals surface area contributed by atoms with E-state index in [9.17, 15) is 43.2 Å². The van der Waals surface area contributed by atoms with Gasteiger partial charge in [-0.3, -0.25) is 0 Å². The van der Waals surface area contributed by atoms with Crippen molar-refractivity contribution < 1.29 is 56.3 Å². The fourth-order valence-electron chi connectivity index (χ4n) is 1.66. The second-order valence-corrected chi connectivity index (χ2v) is 8.09. The van der Waals surface area contributed by atoms with E-state index in [1.165, 1.54) is 0 Å². The average molecular weight is 466 g/mol. The first kappa shape index (κ1) is 22.6. The molecule has 15 heteroatoms. The zero-order valence-electron chi connectivity index (χ0n) is 13.6. The fourth-order valence-corrected chi connectivity index (χ4v) is 2.57. The van der Waals surface area contributed by atoms with Gasteiger partial charge in [0.15, 0.2) is 0 Å². The molecule has 0 bridgehead atoms. The van der Waals surface area contributed by atoms with Crippen LogP contribution in [-0.2, 0) is 20.2 Å². The summed E-state index contributed by atoms with van der Waals surface area (Å²) in [6.45, 7) is 0. The van der Waals surface area contributed by atoms with E-state index in [1.807, 2.05) is 0 Å². The molecule has 0 spiro atoms. The Kier molecular flexibility index (Phi) is 5.94. The number of ether oxygens (including phenoxy) is 1. The van der Waals surface area contributed by atoms with E-state index in [0.717, 1.165) is 48.5 Å². The van der Waals surface area contributed by atoms with Gasteiger partial charge in [0.25, 0.3) is 0 Å². The lowest BCUT2D eigenvalue weighted by atomic mass is 10.3. The highest BCUT2D eigenvalue weighted by molar-refractivity contribution is 7.88. The molecule has 0 unspecified atom stereocenters. The predicted molar refractivity (Wildman–Crippen MR) is 84.2 cm³/mol. The summed E-state index contributed by atoms with van der Waals surface area (Å²) in [4.78, 5) is 0. The fraction of sp³-hybridized carbons (Fsp3) is 0.143. The second-order valence-electron chi connectivity index (χ2n) is 5.02. The van der Waals surface area contributed by atoms with Gasteiger partial charge in [-0.25, -0.2) is 0 Å². The molecule has 7 nitrogen and oxygen atoms in total. The molecule has 0 amide bonds. The van der Waals surface area contributed by atoms with Gasteiger partial charge in [-0.15, -0.1) is 0 Å². The molecule has 0 saturated heterocycles. The van der Waals surface area contributed by atoms with Crippen LogP contribution in [0.3, 0.4) is 0 Å². The van der Waals surface area contributed by atoms with Crippen molar-refractivity contribution in [1.29, 1.82) is 0 Å². The van der Waals surface area contributed by atoms with Crippen molar-refractivity contribution in [2.24, 2.45) is 0 Å². The Bertz CT molecular complexity index is 1000. The molecule has 0 aliphatic heterocycles. The lowest BCUT2D eigenvalue weighted by Crippen LogP contribution is -2.28. The molecule has 0 aromatic heterocycles. The maximum absolute atomic E-state index is 12.3. The van der Waals surface area contributed by atoms with Crippen molar-refractivity contribution >= 4 is 20.2 Å². The summed E-state index contributed by atoms with van der Waals surface area (Å²) in [5.41, 5.74) is -11.3. The molecule has 29 heavy (non-hydrogen) atoms. The van der Waals surface area contributed by atoms with Gasteiger partial charge in [0.05, 0.1) is 0 Å². The van der Waals surface area contributed by atoms with Crippen LogP contribution in [0.25, 0.3) is 0 Å². The number of halogens is 6. The molecular formula is C14H8F6O7S2. The van der Waals surface area contributed by atoms with Crippen LogP contribution < -0.4 is 13.1 Å². The Morgan fingerprint density at radius 1 is 0.586 bits per heavy atom. The van der Waals surface area contributed by atoms with Crippen LogP contribution in [-0.4, -0.2) is 27.9 Å². The summed E-state index contributed by atoms with van der Waals surface area (Å²) in [5, 5.41) is 0. The zero-order chi connectivity index (χ0) is 22.1.